The number of aromatic nitrogens is 1. The molecule has 0 radical (unpaired) electrons. The van der Waals surface area contributed by atoms with E-state index in [0.29, 0.717) is 23.1 Å². The molecule has 0 bridgehead atoms. The molecule has 3 nitrogen and oxygen atoms in total. The molecule has 1 heterocycles. The summed E-state index contributed by atoms with van der Waals surface area (Å²) in [6.07, 6.45) is 1.59. The van der Waals surface area contributed by atoms with E-state index in [-0.39, 0.29) is 6.61 Å². The summed E-state index contributed by atoms with van der Waals surface area (Å²) < 4.78 is 5.54. The van der Waals surface area contributed by atoms with Gasteiger partial charge >= 0.3 is 0 Å². The van der Waals surface area contributed by atoms with E-state index in [4.69, 9.17) is 21.4 Å². The van der Waals surface area contributed by atoms with Crippen molar-refractivity contribution in [2.75, 3.05) is 0 Å². The minimum absolute atomic E-state index is 0.0609. The van der Waals surface area contributed by atoms with Gasteiger partial charge in [-0.2, -0.15) is 0 Å². The van der Waals surface area contributed by atoms with Gasteiger partial charge in [-0.05, 0) is 29.8 Å². The lowest BCUT2D eigenvalue weighted by atomic mass is 10.2. The summed E-state index contributed by atoms with van der Waals surface area (Å²) in [5, 5.41) is 9.54. The number of benzene rings is 1. The summed E-state index contributed by atoms with van der Waals surface area (Å²) in [7, 11) is 0. The molecule has 0 aliphatic rings. The zero-order valence-electron chi connectivity index (χ0n) is 9.14. The third-order valence-electron chi connectivity index (χ3n) is 2.25. The molecule has 1 aromatic carbocycles. The van der Waals surface area contributed by atoms with Crippen LogP contribution in [0.5, 0.6) is 5.75 Å². The van der Waals surface area contributed by atoms with Crippen molar-refractivity contribution in [2.45, 2.75) is 13.2 Å². The first-order chi connectivity index (χ1) is 8.28. The van der Waals surface area contributed by atoms with Crippen LogP contribution < -0.4 is 4.74 Å². The summed E-state index contributed by atoms with van der Waals surface area (Å²) in [6.45, 7) is 0.384. The fourth-order valence-electron chi connectivity index (χ4n) is 1.38. The fourth-order valence-corrected chi connectivity index (χ4v) is 1.60. The lowest BCUT2D eigenvalue weighted by Crippen LogP contribution is -1.96. The van der Waals surface area contributed by atoms with Crippen LogP contribution in [0.25, 0.3) is 0 Å². The highest BCUT2D eigenvalue weighted by atomic mass is 35.5. The smallest absolute Gasteiger partial charge is 0.138 e. The number of aliphatic hydroxyl groups is 1. The van der Waals surface area contributed by atoms with Crippen molar-refractivity contribution in [3.8, 4) is 5.75 Å². The number of hydrogen-bond donors (Lipinski definition) is 1. The molecule has 2 rings (SSSR count). The number of rotatable bonds is 4. The summed E-state index contributed by atoms with van der Waals surface area (Å²) >= 11 is 5.87. The number of ether oxygens (including phenoxy) is 1. The first-order valence-electron chi connectivity index (χ1n) is 5.21. The Labute approximate surface area is 105 Å². The highest BCUT2D eigenvalue weighted by molar-refractivity contribution is 6.30. The predicted octanol–water partition coefficient (Wildman–Crippen LogP) is 2.81. The minimum atomic E-state index is -0.0609. The van der Waals surface area contributed by atoms with E-state index >= 15 is 0 Å². The standard InChI is InChI=1S/C13H12ClNO2/c14-11-3-1-2-10(6-11)9-17-13-5-4-12(8-16)15-7-13/h1-7,16H,8-9H2. The van der Waals surface area contributed by atoms with Gasteiger partial charge in [0.15, 0.2) is 0 Å². The van der Waals surface area contributed by atoms with Gasteiger partial charge in [-0.3, -0.25) is 4.98 Å². The lowest BCUT2D eigenvalue weighted by molar-refractivity contribution is 0.275. The molecule has 0 spiro atoms. The van der Waals surface area contributed by atoms with Crippen molar-refractivity contribution in [2.24, 2.45) is 0 Å². The first-order valence-corrected chi connectivity index (χ1v) is 5.59. The zero-order chi connectivity index (χ0) is 12.1. The molecule has 88 valence electrons. The van der Waals surface area contributed by atoms with Crippen LogP contribution in [0.1, 0.15) is 11.3 Å². The maximum absolute atomic E-state index is 8.85. The fraction of sp³-hybridized carbons (Fsp3) is 0.154. The Morgan fingerprint density at radius 3 is 2.76 bits per heavy atom. The van der Waals surface area contributed by atoms with Gasteiger partial charge in [-0.25, -0.2) is 0 Å². The first kappa shape index (κ1) is 11.9. The molecule has 0 saturated carbocycles. The minimum Gasteiger partial charge on any atom is -0.487 e. The highest BCUT2D eigenvalue weighted by Gasteiger charge is 1.98. The van der Waals surface area contributed by atoms with E-state index < -0.39 is 0 Å². The van der Waals surface area contributed by atoms with E-state index in [9.17, 15) is 0 Å². The molecule has 0 atom stereocenters. The Morgan fingerprint density at radius 1 is 1.24 bits per heavy atom. The molecule has 1 N–H and O–H groups in total. The van der Waals surface area contributed by atoms with Gasteiger partial charge in [0.2, 0.25) is 0 Å². The lowest BCUT2D eigenvalue weighted by Gasteiger charge is -2.06. The van der Waals surface area contributed by atoms with Gasteiger partial charge in [0, 0.05) is 5.02 Å². The van der Waals surface area contributed by atoms with E-state index in [2.05, 4.69) is 4.98 Å². The second-order valence-corrected chi connectivity index (χ2v) is 4.00. The SMILES string of the molecule is OCc1ccc(OCc2cccc(Cl)c2)cn1. The molecule has 1 aromatic heterocycles. The number of hydrogen-bond acceptors (Lipinski definition) is 3. The van der Waals surface area contributed by atoms with Gasteiger partial charge < -0.3 is 9.84 Å². The van der Waals surface area contributed by atoms with Crippen LogP contribution in [0, 0.1) is 0 Å². The van der Waals surface area contributed by atoms with Crippen LogP contribution in [0.4, 0.5) is 0 Å². The number of halogens is 1. The third kappa shape index (κ3) is 3.44. The Hall–Kier alpha value is -1.58. The number of nitrogens with zero attached hydrogens (tertiary/aromatic N) is 1. The van der Waals surface area contributed by atoms with E-state index in [1.165, 1.54) is 0 Å². The molecule has 17 heavy (non-hydrogen) atoms. The van der Waals surface area contributed by atoms with Crippen molar-refractivity contribution in [3.05, 3.63) is 58.9 Å². The average Bonchev–Trinajstić information content (AvgIpc) is 2.37. The summed E-state index contributed by atoms with van der Waals surface area (Å²) in [5.41, 5.74) is 1.63. The van der Waals surface area contributed by atoms with E-state index in [1.807, 2.05) is 24.3 Å². The van der Waals surface area contributed by atoms with Crippen molar-refractivity contribution in [1.82, 2.24) is 4.98 Å². The summed E-state index contributed by atoms with van der Waals surface area (Å²) in [5.74, 6) is 0.669. The average molecular weight is 250 g/mol. The highest BCUT2D eigenvalue weighted by Crippen LogP contribution is 2.14. The van der Waals surface area contributed by atoms with Gasteiger partial charge in [0.05, 0.1) is 18.5 Å². The summed E-state index contributed by atoms with van der Waals surface area (Å²) in [6, 6.07) is 11.0. The summed E-state index contributed by atoms with van der Waals surface area (Å²) in [4.78, 5) is 4.03. The van der Waals surface area contributed by atoms with Crippen molar-refractivity contribution in [3.63, 3.8) is 0 Å². The zero-order valence-corrected chi connectivity index (χ0v) is 9.89. The van der Waals surface area contributed by atoms with Gasteiger partial charge in [0.1, 0.15) is 12.4 Å². The van der Waals surface area contributed by atoms with Crippen LogP contribution in [-0.4, -0.2) is 10.1 Å². The van der Waals surface area contributed by atoms with Crippen molar-refractivity contribution >= 4 is 11.6 Å². The van der Waals surface area contributed by atoms with Crippen molar-refractivity contribution < 1.29 is 9.84 Å². The Balaban J connectivity index is 1.97. The normalized spacial score (nSPS) is 10.2. The molecular weight excluding hydrogens is 238 g/mol. The monoisotopic (exact) mass is 249 g/mol. The van der Waals surface area contributed by atoms with Gasteiger partial charge in [0.25, 0.3) is 0 Å². The predicted molar refractivity (Wildman–Crippen MR) is 65.9 cm³/mol. The molecule has 0 fully saturated rings. The second kappa shape index (κ2) is 5.66. The van der Waals surface area contributed by atoms with Crippen LogP contribution in [0.3, 0.4) is 0 Å². The molecule has 0 saturated heterocycles. The molecule has 0 amide bonds. The second-order valence-electron chi connectivity index (χ2n) is 3.56. The number of pyridine rings is 1. The molecule has 0 aliphatic carbocycles. The van der Waals surface area contributed by atoms with Crippen LogP contribution in [0.15, 0.2) is 42.6 Å². The molecule has 2 aromatic rings. The third-order valence-corrected chi connectivity index (χ3v) is 2.49. The van der Waals surface area contributed by atoms with Crippen LogP contribution in [-0.2, 0) is 13.2 Å². The van der Waals surface area contributed by atoms with Crippen LogP contribution in [0.2, 0.25) is 5.02 Å². The Morgan fingerprint density at radius 2 is 2.12 bits per heavy atom. The topological polar surface area (TPSA) is 42.4 Å². The Kier molecular flexibility index (Phi) is 3.96. The van der Waals surface area contributed by atoms with Crippen molar-refractivity contribution in [1.29, 1.82) is 0 Å². The quantitative estimate of drug-likeness (QED) is 0.906. The van der Waals surface area contributed by atoms with Gasteiger partial charge in [-0.15, -0.1) is 0 Å². The molecule has 0 aliphatic heterocycles. The Bertz CT molecular complexity index is 485. The molecule has 4 heteroatoms. The molecule has 0 unspecified atom stereocenters. The van der Waals surface area contributed by atoms with Gasteiger partial charge in [-0.1, -0.05) is 23.7 Å². The largest absolute Gasteiger partial charge is 0.487 e. The van der Waals surface area contributed by atoms with Crippen LogP contribution >= 0.6 is 11.6 Å². The maximum atomic E-state index is 8.85. The number of aliphatic hydroxyl groups excluding tert-OH is 1. The van der Waals surface area contributed by atoms with E-state index in [0.717, 1.165) is 5.56 Å². The maximum Gasteiger partial charge on any atom is 0.138 e. The van der Waals surface area contributed by atoms with E-state index in [1.54, 1.807) is 18.3 Å². The molecular formula is C13H12ClNO2.